The van der Waals surface area contributed by atoms with Crippen LogP contribution in [0.3, 0.4) is 0 Å². The van der Waals surface area contributed by atoms with Crippen LogP contribution in [0.25, 0.3) is 0 Å². The number of hydrogen-bond donors (Lipinski definition) is 1. The molecule has 118 valence electrons. The van der Waals surface area contributed by atoms with Gasteiger partial charge in [-0.15, -0.1) is 6.42 Å². The maximum Gasteiger partial charge on any atom is 0.0800 e. The Morgan fingerprint density at radius 2 is 2.05 bits per heavy atom. The zero-order valence-electron chi connectivity index (χ0n) is 14.2. The molecule has 1 N–H and O–H groups in total. The van der Waals surface area contributed by atoms with Crippen molar-refractivity contribution in [2.45, 2.75) is 64.1 Å². The van der Waals surface area contributed by atoms with E-state index in [1.54, 1.807) is 0 Å². The van der Waals surface area contributed by atoms with Gasteiger partial charge in [-0.1, -0.05) is 31.1 Å². The van der Waals surface area contributed by atoms with Crippen molar-refractivity contribution in [1.82, 2.24) is 10.2 Å². The third-order valence-corrected chi connectivity index (χ3v) is 4.50. The lowest BCUT2D eigenvalue weighted by atomic mass is 9.83. The van der Waals surface area contributed by atoms with Crippen molar-refractivity contribution < 1.29 is 0 Å². The van der Waals surface area contributed by atoms with Gasteiger partial charge in [0.1, 0.15) is 0 Å². The molecule has 0 bridgehead atoms. The van der Waals surface area contributed by atoms with Gasteiger partial charge >= 0.3 is 0 Å². The zero-order valence-corrected chi connectivity index (χ0v) is 14.2. The van der Waals surface area contributed by atoms with Gasteiger partial charge < -0.3 is 10.2 Å². The van der Waals surface area contributed by atoms with Crippen molar-refractivity contribution in [3.63, 3.8) is 0 Å². The van der Waals surface area contributed by atoms with E-state index >= 15 is 0 Å². The second-order valence-electron chi connectivity index (χ2n) is 6.94. The van der Waals surface area contributed by atoms with Crippen LogP contribution in [-0.2, 0) is 0 Å². The molecule has 1 heterocycles. The maximum absolute atomic E-state index is 5.40. The van der Waals surface area contributed by atoms with Gasteiger partial charge in [0, 0.05) is 29.7 Å². The molecule has 2 rings (SSSR count). The standard InChI is InChI=1S/C20H28N2/c1-6-10-17(14-13-16(3)7-2)22-15-20(4,5)21-18-11-8-9-12-19(18)22/h2,6,13-14,18-19,21H,3,8-9,11-12,15H2,1,4-5H3/b14-13-. The lowest BCUT2D eigenvalue weighted by Gasteiger charge is -2.52. The largest absolute Gasteiger partial charge is 0.359 e. The molecule has 2 fully saturated rings. The first-order chi connectivity index (χ1) is 10.5. The van der Waals surface area contributed by atoms with E-state index < -0.39 is 0 Å². The van der Waals surface area contributed by atoms with Crippen molar-refractivity contribution in [3.05, 3.63) is 41.8 Å². The summed E-state index contributed by atoms with van der Waals surface area (Å²) >= 11 is 0. The summed E-state index contributed by atoms with van der Waals surface area (Å²) in [5, 5.41) is 3.83. The molecule has 1 aliphatic heterocycles. The molecule has 2 nitrogen and oxygen atoms in total. The molecule has 1 saturated heterocycles. The fourth-order valence-corrected chi connectivity index (χ4v) is 3.61. The van der Waals surface area contributed by atoms with Gasteiger partial charge in [-0.3, -0.25) is 0 Å². The molecule has 2 heteroatoms. The molecule has 0 aromatic rings. The third-order valence-electron chi connectivity index (χ3n) is 4.50. The number of nitrogens with one attached hydrogen (secondary N) is 1. The summed E-state index contributed by atoms with van der Waals surface area (Å²) in [4.78, 5) is 2.51. The van der Waals surface area contributed by atoms with E-state index in [2.05, 4.69) is 48.4 Å². The van der Waals surface area contributed by atoms with Gasteiger partial charge in [-0.25, -0.2) is 0 Å². The van der Waals surface area contributed by atoms with Crippen LogP contribution in [0.15, 0.2) is 41.8 Å². The van der Waals surface area contributed by atoms with Gasteiger partial charge in [-0.2, -0.15) is 0 Å². The summed E-state index contributed by atoms with van der Waals surface area (Å²) in [5.41, 5.74) is 5.32. The van der Waals surface area contributed by atoms with Gasteiger partial charge in [0.15, 0.2) is 0 Å². The molecule has 0 aromatic heterocycles. The van der Waals surface area contributed by atoms with Gasteiger partial charge in [0.2, 0.25) is 0 Å². The number of nitrogens with zero attached hydrogens (tertiary/aromatic N) is 1. The topological polar surface area (TPSA) is 15.3 Å². The van der Waals surface area contributed by atoms with Crippen molar-refractivity contribution in [2.75, 3.05) is 6.54 Å². The normalized spacial score (nSPS) is 26.7. The Labute approximate surface area is 135 Å². The fraction of sp³-hybridized carbons (Fsp3) is 0.550. The quantitative estimate of drug-likeness (QED) is 0.484. The van der Waals surface area contributed by atoms with E-state index in [-0.39, 0.29) is 5.54 Å². The third kappa shape index (κ3) is 3.95. The second kappa shape index (κ2) is 7.05. The summed E-state index contributed by atoms with van der Waals surface area (Å²) < 4.78 is 0. The number of piperazine rings is 1. The van der Waals surface area contributed by atoms with Gasteiger partial charge in [0.05, 0.1) is 5.70 Å². The van der Waals surface area contributed by atoms with E-state index in [9.17, 15) is 0 Å². The average Bonchev–Trinajstić information content (AvgIpc) is 2.49. The molecule has 22 heavy (non-hydrogen) atoms. The predicted molar refractivity (Wildman–Crippen MR) is 94.3 cm³/mol. The Bertz CT molecular complexity index is 553. The number of rotatable bonds is 3. The van der Waals surface area contributed by atoms with Crippen LogP contribution >= 0.6 is 0 Å². The van der Waals surface area contributed by atoms with Crippen molar-refractivity contribution in [1.29, 1.82) is 0 Å². The zero-order chi connectivity index (χ0) is 16.2. The molecule has 1 saturated carbocycles. The van der Waals surface area contributed by atoms with E-state index in [4.69, 9.17) is 6.42 Å². The Hall–Kier alpha value is -1.68. The Kier molecular flexibility index (Phi) is 5.35. The highest BCUT2D eigenvalue weighted by Crippen LogP contribution is 2.32. The lowest BCUT2D eigenvalue weighted by molar-refractivity contribution is 0.0626. The average molecular weight is 296 g/mol. The van der Waals surface area contributed by atoms with Gasteiger partial charge in [0.25, 0.3) is 0 Å². The fourth-order valence-electron chi connectivity index (χ4n) is 3.61. The van der Waals surface area contributed by atoms with Crippen molar-refractivity contribution in [2.24, 2.45) is 0 Å². The predicted octanol–water partition coefficient (Wildman–Crippen LogP) is 3.79. The van der Waals surface area contributed by atoms with Crippen LogP contribution in [-0.4, -0.2) is 29.1 Å². The SMILES string of the molecule is C#CC(=C)/C=C\C(=C=CC)N1CC(C)(C)NC2CCCCC21. The summed E-state index contributed by atoms with van der Waals surface area (Å²) in [6.45, 7) is 11.4. The first-order valence-corrected chi connectivity index (χ1v) is 8.26. The Balaban J connectivity index is 2.31. The number of allylic oxidation sites excluding steroid dienone is 3. The van der Waals surface area contributed by atoms with Crippen molar-refractivity contribution in [3.8, 4) is 12.3 Å². The molecule has 0 aromatic carbocycles. The monoisotopic (exact) mass is 296 g/mol. The Morgan fingerprint density at radius 1 is 1.32 bits per heavy atom. The molecule has 0 spiro atoms. The number of terminal acetylenes is 1. The molecule has 2 aliphatic rings. The van der Waals surface area contributed by atoms with Crippen LogP contribution < -0.4 is 5.32 Å². The van der Waals surface area contributed by atoms with Crippen LogP contribution in [0.2, 0.25) is 0 Å². The molecule has 0 radical (unpaired) electrons. The van der Waals surface area contributed by atoms with Crippen LogP contribution in [0.1, 0.15) is 46.5 Å². The molecular formula is C20H28N2. The molecular weight excluding hydrogens is 268 g/mol. The van der Waals surface area contributed by atoms with E-state index in [1.165, 1.54) is 25.7 Å². The highest BCUT2D eigenvalue weighted by Gasteiger charge is 2.40. The smallest absolute Gasteiger partial charge is 0.0800 e. The summed E-state index contributed by atoms with van der Waals surface area (Å²) in [6.07, 6.45) is 16.5. The van der Waals surface area contributed by atoms with E-state index in [0.717, 1.165) is 12.2 Å². The van der Waals surface area contributed by atoms with Crippen LogP contribution in [0.4, 0.5) is 0 Å². The first kappa shape index (κ1) is 16.7. The van der Waals surface area contributed by atoms with Crippen molar-refractivity contribution >= 4 is 0 Å². The molecule has 1 aliphatic carbocycles. The minimum absolute atomic E-state index is 0.107. The summed E-state index contributed by atoms with van der Waals surface area (Å²) in [6, 6.07) is 1.11. The lowest BCUT2D eigenvalue weighted by Crippen LogP contribution is -2.66. The highest BCUT2D eigenvalue weighted by molar-refractivity contribution is 5.36. The summed E-state index contributed by atoms with van der Waals surface area (Å²) in [5.74, 6) is 2.57. The second-order valence-corrected chi connectivity index (χ2v) is 6.94. The van der Waals surface area contributed by atoms with E-state index in [1.807, 2.05) is 19.1 Å². The van der Waals surface area contributed by atoms with Gasteiger partial charge in [-0.05, 0) is 51.8 Å². The molecule has 2 atom stereocenters. The minimum Gasteiger partial charge on any atom is -0.359 e. The molecule has 0 amide bonds. The Morgan fingerprint density at radius 3 is 2.73 bits per heavy atom. The van der Waals surface area contributed by atoms with E-state index in [0.29, 0.717) is 17.7 Å². The van der Waals surface area contributed by atoms with Crippen LogP contribution in [0, 0.1) is 12.3 Å². The summed E-state index contributed by atoms with van der Waals surface area (Å²) in [7, 11) is 0. The number of hydrogen-bond acceptors (Lipinski definition) is 2. The minimum atomic E-state index is 0.107. The highest BCUT2D eigenvalue weighted by atomic mass is 15.3. The maximum atomic E-state index is 5.40. The molecule has 2 unspecified atom stereocenters. The first-order valence-electron chi connectivity index (χ1n) is 8.26. The number of fused-ring (bicyclic) bond motifs is 1. The van der Waals surface area contributed by atoms with Crippen LogP contribution in [0.5, 0.6) is 0 Å².